The molecule has 0 aliphatic heterocycles. The molecule has 1 aromatic heterocycles. The minimum atomic E-state index is -0.501. The zero-order valence-corrected chi connectivity index (χ0v) is 8.97. The average molecular weight is 215 g/mol. The van der Waals surface area contributed by atoms with Crippen molar-refractivity contribution < 1.29 is 4.79 Å². The van der Waals surface area contributed by atoms with E-state index in [1.165, 1.54) is 0 Å². The van der Waals surface area contributed by atoms with Crippen LogP contribution < -0.4 is 11.1 Å². The van der Waals surface area contributed by atoms with Crippen LogP contribution >= 0.6 is 0 Å². The summed E-state index contributed by atoms with van der Waals surface area (Å²) in [6.45, 7) is 0. The highest BCUT2D eigenvalue weighted by Gasteiger charge is 2.17. The topological polar surface area (TPSA) is 68.0 Å². The number of benzene rings is 1. The molecule has 16 heavy (non-hydrogen) atoms. The van der Waals surface area contributed by atoms with Gasteiger partial charge in [-0.3, -0.25) is 9.78 Å². The Morgan fingerprint density at radius 2 is 2.12 bits per heavy atom. The first kappa shape index (κ1) is 10.6. The summed E-state index contributed by atoms with van der Waals surface area (Å²) in [6.07, 6.45) is 3.45. The summed E-state index contributed by atoms with van der Waals surface area (Å²) in [5, 5.41) is 4.89. The predicted molar refractivity (Wildman–Crippen MR) is 62.7 cm³/mol. The third kappa shape index (κ3) is 1.75. The smallest absolute Gasteiger partial charge is 0.239 e. The van der Waals surface area contributed by atoms with E-state index >= 15 is 0 Å². The van der Waals surface area contributed by atoms with Gasteiger partial charge in [0.15, 0.2) is 0 Å². The van der Waals surface area contributed by atoms with Crippen molar-refractivity contribution >= 4 is 16.7 Å². The van der Waals surface area contributed by atoms with Crippen LogP contribution in [0.2, 0.25) is 0 Å². The normalized spacial score (nSPS) is 12.6. The molecule has 1 amide bonds. The standard InChI is InChI=1S/C12H13N3O/c1-14-11(12(13)16)10-7-15-6-8-4-2-3-5-9(8)10/h2-7,11,14H,1H3,(H2,13,16). The second kappa shape index (κ2) is 4.28. The molecule has 4 heteroatoms. The number of rotatable bonds is 3. The molecule has 3 N–H and O–H groups in total. The molecule has 1 aromatic carbocycles. The number of hydrogen-bond acceptors (Lipinski definition) is 3. The van der Waals surface area contributed by atoms with E-state index in [0.29, 0.717) is 0 Å². The van der Waals surface area contributed by atoms with Crippen molar-refractivity contribution in [3.63, 3.8) is 0 Å². The van der Waals surface area contributed by atoms with Gasteiger partial charge in [-0.1, -0.05) is 24.3 Å². The van der Waals surface area contributed by atoms with Gasteiger partial charge in [0.05, 0.1) is 0 Å². The maximum atomic E-state index is 11.3. The number of hydrogen-bond donors (Lipinski definition) is 2. The van der Waals surface area contributed by atoms with Crippen LogP contribution in [-0.4, -0.2) is 17.9 Å². The minimum Gasteiger partial charge on any atom is -0.368 e. The Morgan fingerprint density at radius 3 is 2.81 bits per heavy atom. The van der Waals surface area contributed by atoms with Crippen molar-refractivity contribution in [2.75, 3.05) is 7.05 Å². The van der Waals surface area contributed by atoms with Crippen LogP contribution in [0.5, 0.6) is 0 Å². The van der Waals surface area contributed by atoms with Crippen LogP contribution in [-0.2, 0) is 4.79 Å². The summed E-state index contributed by atoms with van der Waals surface area (Å²) >= 11 is 0. The van der Waals surface area contributed by atoms with Crippen LogP contribution in [0.1, 0.15) is 11.6 Å². The summed E-state index contributed by atoms with van der Waals surface area (Å²) in [6, 6.07) is 7.28. The third-order valence-electron chi connectivity index (χ3n) is 2.58. The summed E-state index contributed by atoms with van der Waals surface area (Å²) in [5.74, 6) is -0.402. The van der Waals surface area contributed by atoms with Crippen molar-refractivity contribution in [3.8, 4) is 0 Å². The molecule has 1 atom stereocenters. The molecule has 0 spiro atoms. The van der Waals surface area contributed by atoms with Gasteiger partial charge in [-0.15, -0.1) is 0 Å². The molecule has 2 aromatic rings. The highest BCUT2D eigenvalue weighted by molar-refractivity contribution is 5.91. The minimum absolute atomic E-state index is 0.402. The first-order valence-electron chi connectivity index (χ1n) is 5.03. The fraction of sp³-hybridized carbons (Fsp3) is 0.167. The molecule has 0 aliphatic carbocycles. The van der Waals surface area contributed by atoms with Crippen molar-refractivity contribution in [2.45, 2.75) is 6.04 Å². The maximum absolute atomic E-state index is 11.3. The van der Waals surface area contributed by atoms with E-state index in [1.54, 1.807) is 19.4 Å². The van der Waals surface area contributed by atoms with Crippen molar-refractivity contribution in [2.24, 2.45) is 5.73 Å². The van der Waals surface area contributed by atoms with Gasteiger partial charge >= 0.3 is 0 Å². The molecule has 4 nitrogen and oxygen atoms in total. The molecule has 0 bridgehead atoms. The van der Waals surface area contributed by atoms with E-state index in [9.17, 15) is 4.79 Å². The summed E-state index contributed by atoms with van der Waals surface area (Å²) in [5.41, 5.74) is 6.15. The monoisotopic (exact) mass is 215 g/mol. The van der Waals surface area contributed by atoms with Crippen LogP contribution in [0.25, 0.3) is 10.8 Å². The number of nitrogens with zero attached hydrogens (tertiary/aromatic N) is 1. The quantitative estimate of drug-likeness (QED) is 0.802. The number of likely N-dealkylation sites (N-methyl/N-ethyl adjacent to an activating group) is 1. The van der Waals surface area contributed by atoms with Gasteiger partial charge < -0.3 is 11.1 Å². The van der Waals surface area contributed by atoms with Gasteiger partial charge in [-0.05, 0) is 12.4 Å². The van der Waals surface area contributed by atoms with Crippen LogP contribution in [0.15, 0.2) is 36.7 Å². The van der Waals surface area contributed by atoms with E-state index in [0.717, 1.165) is 16.3 Å². The third-order valence-corrected chi connectivity index (χ3v) is 2.58. The molecule has 0 saturated carbocycles. The second-order valence-corrected chi connectivity index (χ2v) is 3.57. The molecule has 1 heterocycles. The average Bonchev–Trinajstić information content (AvgIpc) is 2.30. The van der Waals surface area contributed by atoms with Crippen LogP contribution in [0.3, 0.4) is 0 Å². The van der Waals surface area contributed by atoms with Gasteiger partial charge in [-0.2, -0.15) is 0 Å². The fourth-order valence-electron chi connectivity index (χ4n) is 1.82. The van der Waals surface area contributed by atoms with Gasteiger partial charge in [0.25, 0.3) is 0 Å². The number of nitrogens with two attached hydrogens (primary N) is 1. The second-order valence-electron chi connectivity index (χ2n) is 3.57. The van der Waals surface area contributed by atoms with Crippen LogP contribution in [0.4, 0.5) is 0 Å². The van der Waals surface area contributed by atoms with E-state index < -0.39 is 11.9 Å². The molecular formula is C12H13N3O. The Bertz CT molecular complexity index is 519. The number of aromatic nitrogens is 1. The number of amides is 1. The Labute approximate surface area is 93.5 Å². The van der Waals surface area contributed by atoms with E-state index in [4.69, 9.17) is 5.73 Å². The number of fused-ring (bicyclic) bond motifs is 1. The van der Waals surface area contributed by atoms with E-state index in [1.807, 2.05) is 24.3 Å². The predicted octanol–water partition coefficient (Wildman–Crippen LogP) is 0.981. The van der Waals surface area contributed by atoms with Gasteiger partial charge in [0.2, 0.25) is 5.91 Å². The molecule has 0 fully saturated rings. The molecular weight excluding hydrogens is 202 g/mol. The number of primary amides is 1. The molecule has 0 saturated heterocycles. The van der Waals surface area contributed by atoms with Gasteiger partial charge in [0.1, 0.15) is 6.04 Å². The van der Waals surface area contributed by atoms with Crippen molar-refractivity contribution in [3.05, 3.63) is 42.2 Å². The molecule has 0 radical (unpaired) electrons. The zero-order valence-electron chi connectivity index (χ0n) is 8.97. The first-order chi connectivity index (χ1) is 7.74. The summed E-state index contributed by atoms with van der Waals surface area (Å²) < 4.78 is 0. The van der Waals surface area contributed by atoms with Crippen LogP contribution in [0, 0.1) is 0 Å². The largest absolute Gasteiger partial charge is 0.368 e. The summed E-state index contributed by atoms with van der Waals surface area (Å²) in [7, 11) is 1.71. The molecule has 82 valence electrons. The van der Waals surface area contributed by atoms with Gasteiger partial charge in [-0.25, -0.2) is 0 Å². The molecule has 2 rings (SSSR count). The Balaban J connectivity index is 2.63. The Kier molecular flexibility index (Phi) is 2.83. The van der Waals surface area contributed by atoms with Crippen molar-refractivity contribution in [1.29, 1.82) is 0 Å². The maximum Gasteiger partial charge on any atom is 0.239 e. The summed E-state index contributed by atoms with van der Waals surface area (Å²) in [4.78, 5) is 15.4. The lowest BCUT2D eigenvalue weighted by Gasteiger charge is -2.14. The SMILES string of the molecule is CNC(C(N)=O)c1cncc2ccccc12. The van der Waals surface area contributed by atoms with Gasteiger partial charge in [0, 0.05) is 23.3 Å². The Morgan fingerprint density at radius 1 is 1.38 bits per heavy atom. The number of carbonyl (C=O) groups is 1. The molecule has 0 aliphatic rings. The lowest BCUT2D eigenvalue weighted by atomic mass is 10.0. The first-order valence-corrected chi connectivity index (χ1v) is 5.03. The Hall–Kier alpha value is -1.94. The zero-order chi connectivity index (χ0) is 11.5. The number of pyridine rings is 1. The number of nitrogens with one attached hydrogen (secondary N) is 1. The lowest BCUT2D eigenvalue weighted by molar-refractivity contribution is -0.120. The highest BCUT2D eigenvalue weighted by Crippen LogP contribution is 2.22. The fourth-order valence-corrected chi connectivity index (χ4v) is 1.82. The van der Waals surface area contributed by atoms with Crippen molar-refractivity contribution in [1.82, 2.24) is 10.3 Å². The van der Waals surface area contributed by atoms with E-state index in [-0.39, 0.29) is 0 Å². The molecule has 1 unspecified atom stereocenters. The number of carbonyl (C=O) groups excluding carboxylic acids is 1. The lowest BCUT2D eigenvalue weighted by Crippen LogP contribution is -2.31. The van der Waals surface area contributed by atoms with E-state index in [2.05, 4.69) is 10.3 Å². The highest BCUT2D eigenvalue weighted by atomic mass is 16.1.